The standard InChI is InChI=1S/C15H12N2O2/c1-19-15(18)11-6-8-13(9-7-11)17-14-5-3-2-4-12(14)10-16-17/h2-10H,1H3. The van der Waals surface area contributed by atoms with E-state index in [4.69, 9.17) is 0 Å². The molecule has 0 aliphatic carbocycles. The van der Waals surface area contributed by atoms with Crippen LogP contribution in [-0.4, -0.2) is 22.9 Å². The minimum atomic E-state index is -0.336. The molecule has 3 rings (SSSR count). The molecule has 0 radical (unpaired) electrons. The van der Waals surface area contributed by atoms with Gasteiger partial charge in [0.1, 0.15) is 0 Å². The molecule has 1 heterocycles. The molecule has 0 saturated carbocycles. The zero-order valence-corrected chi connectivity index (χ0v) is 10.4. The van der Waals surface area contributed by atoms with Gasteiger partial charge < -0.3 is 4.74 Å². The topological polar surface area (TPSA) is 44.1 Å². The third kappa shape index (κ3) is 1.97. The van der Waals surface area contributed by atoms with Crippen LogP contribution in [0.15, 0.2) is 54.7 Å². The lowest BCUT2D eigenvalue weighted by Gasteiger charge is -2.04. The maximum atomic E-state index is 11.4. The highest BCUT2D eigenvalue weighted by Crippen LogP contribution is 2.18. The molecule has 4 heteroatoms. The maximum Gasteiger partial charge on any atom is 0.337 e. The summed E-state index contributed by atoms with van der Waals surface area (Å²) in [5.41, 5.74) is 2.48. The molecule has 0 aliphatic rings. The van der Waals surface area contributed by atoms with Crippen molar-refractivity contribution in [1.29, 1.82) is 0 Å². The van der Waals surface area contributed by atoms with E-state index in [0.29, 0.717) is 5.56 Å². The summed E-state index contributed by atoms with van der Waals surface area (Å²) >= 11 is 0. The van der Waals surface area contributed by atoms with E-state index in [1.54, 1.807) is 12.1 Å². The monoisotopic (exact) mass is 252 g/mol. The molecule has 0 spiro atoms. The zero-order valence-electron chi connectivity index (χ0n) is 10.4. The first-order chi connectivity index (χ1) is 9.29. The van der Waals surface area contributed by atoms with Crippen molar-refractivity contribution in [2.24, 2.45) is 0 Å². The van der Waals surface area contributed by atoms with Crippen molar-refractivity contribution in [3.8, 4) is 5.69 Å². The van der Waals surface area contributed by atoms with Crippen LogP contribution in [0.2, 0.25) is 0 Å². The van der Waals surface area contributed by atoms with Crippen LogP contribution >= 0.6 is 0 Å². The molecule has 2 aromatic carbocycles. The van der Waals surface area contributed by atoms with E-state index in [1.165, 1.54) is 7.11 Å². The van der Waals surface area contributed by atoms with E-state index in [0.717, 1.165) is 16.6 Å². The van der Waals surface area contributed by atoms with Crippen molar-refractivity contribution in [2.75, 3.05) is 7.11 Å². The minimum Gasteiger partial charge on any atom is -0.465 e. The lowest BCUT2D eigenvalue weighted by molar-refractivity contribution is 0.0601. The van der Waals surface area contributed by atoms with Gasteiger partial charge in [-0.05, 0) is 30.3 Å². The van der Waals surface area contributed by atoms with Gasteiger partial charge in [0.25, 0.3) is 0 Å². The number of carbonyl (C=O) groups is 1. The molecule has 3 aromatic rings. The Morgan fingerprint density at radius 3 is 2.58 bits per heavy atom. The Bertz CT molecular complexity index is 729. The van der Waals surface area contributed by atoms with Gasteiger partial charge in [-0.3, -0.25) is 0 Å². The molecule has 1 aromatic heterocycles. The predicted octanol–water partition coefficient (Wildman–Crippen LogP) is 2.81. The van der Waals surface area contributed by atoms with Crippen LogP contribution in [0.3, 0.4) is 0 Å². The number of ether oxygens (including phenoxy) is 1. The van der Waals surface area contributed by atoms with Crippen molar-refractivity contribution >= 4 is 16.9 Å². The van der Waals surface area contributed by atoms with Crippen molar-refractivity contribution in [1.82, 2.24) is 9.78 Å². The Hall–Kier alpha value is -2.62. The Balaban J connectivity index is 2.05. The number of esters is 1. The number of rotatable bonds is 2. The van der Waals surface area contributed by atoms with Crippen LogP contribution in [-0.2, 0) is 4.74 Å². The van der Waals surface area contributed by atoms with Crippen molar-refractivity contribution in [3.05, 3.63) is 60.3 Å². The first-order valence-electron chi connectivity index (χ1n) is 5.91. The average Bonchev–Trinajstić information content (AvgIpc) is 2.90. The van der Waals surface area contributed by atoms with Crippen molar-refractivity contribution in [3.63, 3.8) is 0 Å². The quantitative estimate of drug-likeness (QED) is 0.659. The van der Waals surface area contributed by atoms with Crippen LogP contribution in [0.1, 0.15) is 10.4 Å². The summed E-state index contributed by atoms with van der Waals surface area (Å²) in [6, 6.07) is 15.2. The van der Waals surface area contributed by atoms with Gasteiger partial charge in [-0.15, -0.1) is 0 Å². The largest absolute Gasteiger partial charge is 0.465 e. The average molecular weight is 252 g/mol. The third-order valence-electron chi connectivity index (χ3n) is 3.01. The number of hydrogen-bond acceptors (Lipinski definition) is 3. The molecule has 0 bridgehead atoms. The zero-order chi connectivity index (χ0) is 13.2. The van der Waals surface area contributed by atoms with Crippen molar-refractivity contribution < 1.29 is 9.53 Å². The van der Waals surface area contributed by atoms with Crippen LogP contribution in [0, 0.1) is 0 Å². The predicted molar refractivity (Wildman–Crippen MR) is 72.4 cm³/mol. The molecular weight excluding hydrogens is 240 g/mol. The van der Waals surface area contributed by atoms with Gasteiger partial charge in [0, 0.05) is 5.39 Å². The fourth-order valence-electron chi connectivity index (χ4n) is 2.03. The lowest BCUT2D eigenvalue weighted by atomic mass is 10.2. The number of hydrogen-bond donors (Lipinski definition) is 0. The SMILES string of the molecule is COC(=O)c1ccc(-n2ncc3ccccc32)cc1. The highest BCUT2D eigenvalue weighted by Gasteiger charge is 2.07. The normalized spacial score (nSPS) is 10.6. The molecule has 4 nitrogen and oxygen atoms in total. The Labute approximate surface area is 110 Å². The summed E-state index contributed by atoms with van der Waals surface area (Å²) in [6.07, 6.45) is 1.82. The fraction of sp³-hybridized carbons (Fsp3) is 0.0667. The molecule has 19 heavy (non-hydrogen) atoms. The molecule has 0 aliphatic heterocycles. The molecule has 0 unspecified atom stereocenters. The van der Waals surface area contributed by atoms with Gasteiger partial charge in [0.2, 0.25) is 0 Å². The number of carbonyl (C=O) groups excluding carboxylic acids is 1. The smallest absolute Gasteiger partial charge is 0.337 e. The summed E-state index contributed by atoms with van der Waals surface area (Å²) in [5, 5.41) is 5.44. The molecule has 0 amide bonds. The van der Waals surface area contributed by atoms with Gasteiger partial charge in [0.15, 0.2) is 0 Å². The van der Waals surface area contributed by atoms with Gasteiger partial charge in [0.05, 0.1) is 30.1 Å². The van der Waals surface area contributed by atoms with E-state index in [2.05, 4.69) is 9.84 Å². The van der Waals surface area contributed by atoms with E-state index in [1.807, 2.05) is 47.3 Å². The highest BCUT2D eigenvalue weighted by atomic mass is 16.5. The molecule has 0 atom stereocenters. The second kappa shape index (κ2) is 4.57. The summed E-state index contributed by atoms with van der Waals surface area (Å²) in [7, 11) is 1.37. The van der Waals surface area contributed by atoms with Crippen LogP contribution < -0.4 is 0 Å². The van der Waals surface area contributed by atoms with E-state index < -0.39 is 0 Å². The summed E-state index contributed by atoms with van der Waals surface area (Å²) in [6.45, 7) is 0. The molecule has 0 saturated heterocycles. The lowest BCUT2D eigenvalue weighted by Crippen LogP contribution is -2.02. The first kappa shape index (κ1) is 11.5. The number of fused-ring (bicyclic) bond motifs is 1. The second-order valence-electron chi connectivity index (χ2n) is 4.15. The van der Waals surface area contributed by atoms with E-state index in [-0.39, 0.29) is 5.97 Å². The van der Waals surface area contributed by atoms with Crippen molar-refractivity contribution in [2.45, 2.75) is 0 Å². The summed E-state index contributed by atoms with van der Waals surface area (Å²) < 4.78 is 6.52. The number of aromatic nitrogens is 2. The Morgan fingerprint density at radius 2 is 1.84 bits per heavy atom. The maximum absolute atomic E-state index is 11.4. The third-order valence-corrected chi connectivity index (χ3v) is 3.01. The first-order valence-corrected chi connectivity index (χ1v) is 5.91. The molecular formula is C15H12N2O2. The molecule has 0 N–H and O–H groups in total. The van der Waals surface area contributed by atoms with Gasteiger partial charge in [-0.2, -0.15) is 5.10 Å². The van der Waals surface area contributed by atoms with Crippen LogP contribution in [0.25, 0.3) is 16.6 Å². The number of nitrogens with zero attached hydrogens (tertiary/aromatic N) is 2. The van der Waals surface area contributed by atoms with Crippen LogP contribution in [0.5, 0.6) is 0 Å². The Morgan fingerprint density at radius 1 is 1.11 bits per heavy atom. The minimum absolute atomic E-state index is 0.336. The summed E-state index contributed by atoms with van der Waals surface area (Å²) in [5.74, 6) is -0.336. The number of benzene rings is 2. The fourth-order valence-corrected chi connectivity index (χ4v) is 2.03. The van der Waals surface area contributed by atoms with E-state index >= 15 is 0 Å². The summed E-state index contributed by atoms with van der Waals surface area (Å²) in [4.78, 5) is 11.4. The van der Waals surface area contributed by atoms with Gasteiger partial charge >= 0.3 is 5.97 Å². The molecule has 94 valence electrons. The van der Waals surface area contributed by atoms with Gasteiger partial charge in [-0.25, -0.2) is 9.48 Å². The van der Waals surface area contributed by atoms with Gasteiger partial charge in [-0.1, -0.05) is 18.2 Å². The molecule has 0 fully saturated rings. The second-order valence-corrected chi connectivity index (χ2v) is 4.15. The Kier molecular flexibility index (Phi) is 2.76. The highest BCUT2D eigenvalue weighted by molar-refractivity contribution is 5.89. The number of methoxy groups -OCH3 is 1. The van der Waals surface area contributed by atoms with Crippen LogP contribution in [0.4, 0.5) is 0 Å². The van der Waals surface area contributed by atoms with E-state index in [9.17, 15) is 4.79 Å². The number of para-hydroxylation sites is 1.